The van der Waals surface area contributed by atoms with Crippen molar-refractivity contribution < 1.29 is 13.2 Å². The van der Waals surface area contributed by atoms with Gasteiger partial charge in [-0.15, -0.1) is 0 Å². The molecular weight excluding hydrogens is 565 g/mol. The van der Waals surface area contributed by atoms with Gasteiger partial charge in [0.15, 0.2) is 0 Å². The lowest BCUT2D eigenvalue weighted by Gasteiger charge is -2.37. The van der Waals surface area contributed by atoms with Gasteiger partial charge in [-0.05, 0) is 76.2 Å². The zero-order chi connectivity index (χ0) is 27.9. The lowest BCUT2D eigenvalue weighted by Crippen LogP contribution is -2.39. The molecule has 1 fully saturated rings. The van der Waals surface area contributed by atoms with E-state index in [-0.39, 0.29) is 31.9 Å². The number of rotatable bonds is 12. The number of carbonyl (C=O) groups excluding carboxylic acids is 1. The minimum absolute atomic E-state index is 0.00245. The SMILES string of the molecule is CN(C)C(c1ccccc1)C1CCC(NC(=O)CCCCCN(C)S(=O)(=O)c2c(Cl)cc(Cl)cc2Cl)CC1. The highest BCUT2D eigenvalue weighted by Gasteiger charge is 2.30. The van der Waals surface area contributed by atoms with Crippen molar-refractivity contribution in [3.63, 3.8) is 0 Å². The minimum atomic E-state index is -3.85. The van der Waals surface area contributed by atoms with Crippen LogP contribution in [0, 0.1) is 5.92 Å². The summed E-state index contributed by atoms with van der Waals surface area (Å²) in [5.41, 5.74) is 1.35. The van der Waals surface area contributed by atoms with E-state index in [2.05, 4.69) is 54.6 Å². The first-order valence-electron chi connectivity index (χ1n) is 13.1. The molecule has 2 aromatic rings. The normalized spacial score (nSPS) is 19.1. The fraction of sp³-hybridized carbons (Fsp3) is 0.536. The Morgan fingerprint density at radius 3 is 2.13 bits per heavy atom. The number of hydrogen-bond donors (Lipinski definition) is 1. The van der Waals surface area contributed by atoms with Crippen LogP contribution < -0.4 is 5.32 Å². The molecular formula is C28H38Cl3N3O3S. The van der Waals surface area contributed by atoms with Gasteiger partial charge in [0.25, 0.3) is 0 Å². The Bertz CT molecular complexity index is 1150. The number of halogens is 3. The van der Waals surface area contributed by atoms with E-state index in [4.69, 9.17) is 34.8 Å². The van der Waals surface area contributed by atoms with E-state index in [0.717, 1.165) is 32.1 Å². The predicted molar refractivity (Wildman–Crippen MR) is 157 cm³/mol. The first-order chi connectivity index (χ1) is 18.0. The molecule has 0 aliphatic heterocycles. The van der Waals surface area contributed by atoms with E-state index in [9.17, 15) is 13.2 Å². The van der Waals surface area contributed by atoms with Crippen LogP contribution in [0.5, 0.6) is 0 Å². The zero-order valence-corrected chi connectivity index (χ0v) is 25.4. The molecule has 1 atom stereocenters. The van der Waals surface area contributed by atoms with Crippen molar-refractivity contribution in [1.29, 1.82) is 0 Å². The van der Waals surface area contributed by atoms with Crippen LogP contribution in [0.2, 0.25) is 15.1 Å². The van der Waals surface area contributed by atoms with Crippen LogP contribution in [0.25, 0.3) is 0 Å². The Hall–Kier alpha value is -1.35. The number of hydrogen-bond acceptors (Lipinski definition) is 4. The molecule has 0 radical (unpaired) electrons. The second-order valence-corrected chi connectivity index (χ2v) is 13.6. The van der Waals surface area contributed by atoms with Gasteiger partial charge in [0, 0.05) is 37.1 Å². The molecule has 6 nitrogen and oxygen atoms in total. The van der Waals surface area contributed by atoms with Crippen molar-refractivity contribution in [1.82, 2.24) is 14.5 Å². The van der Waals surface area contributed by atoms with Gasteiger partial charge < -0.3 is 10.2 Å². The molecule has 1 unspecified atom stereocenters. The van der Waals surface area contributed by atoms with Gasteiger partial charge in [0.05, 0.1) is 10.0 Å². The molecule has 1 amide bonds. The molecule has 0 bridgehead atoms. The number of sulfonamides is 1. The van der Waals surface area contributed by atoms with Crippen molar-refractivity contribution in [3.05, 3.63) is 63.1 Å². The van der Waals surface area contributed by atoms with Crippen molar-refractivity contribution in [2.45, 2.75) is 68.3 Å². The highest BCUT2D eigenvalue weighted by atomic mass is 35.5. The van der Waals surface area contributed by atoms with Crippen molar-refractivity contribution in [3.8, 4) is 0 Å². The number of nitrogens with zero attached hydrogens (tertiary/aromatic N) is 2. The molecule has 3 rings (SSSR count). The van der Waals surface area contributed by atoms with Crippen LogP contribution in [0.4, 0.5) is 0 Å². The van der Waals surface area contributed by atoms with E-state index < -0.39 is 10.0 Å². The fourth-order valence-electron chi connectivity index (χ4n) is 5.37. The largest absolute Gasteiger partial charge is 0.353 e. The molecule has 38 heavy (non-hydrogen) atoms. The molecule has 1 aliphatic rings. The van der Waals surface area contributed by atoms with Gasteiger partial charge in [-0.25, -0.2) is 12.7 Å². The van der Waals surface area contributed by atoms with Crippen LogP contribution in [0.3, 0.4) is 0 Å². The Morgan fingerprint density at radius 2 is 1.55 bits per heavy atom. The fourth-order valence-corrected chi connectivity index (χ4v) is 8.06. The van der Waals surface area contributed by atoms with Gasteiger partial charge in [0.2, 0.25) is 15.9 Å². The topological polar surface area (TPSA) is 69.7 Å². The molecule has 0 aromatic heterocycles. The highest BCUT2D eigenvalue weighted by molar-refractivity contribution is 7.89. The van der Waals surface area contributed by atoms with E-state index in [1.165, 1.54) is 29.0 Å². The van der Waals surface area contributed by atoms with Crippen molar-refractivity contribution in [2.75, 3.05) is 27.7 Å². The van der Waals surface area contributed by atoms with Gasteiger partial charge >= 0.3 is 0 Å². The van der Waals surface area contributed by atoms with Crippen LogP contribution in [-0.4, -0.2) is 57.3 Å². The second kappa shape index (κ2) is 14.3. The number of unbranched alkanes of at least 4 members (excludes halogenated alkanes) is 2. The summed E-state index contributed by atoms with van der Waals surface area (Å²) in [5, 5.41) is 3.48. The Kier molecular flexibility index (Phi) is 11.8. The maximum atomic E-state index is 12.9. The molecule has 1 aliphatic carbocycles. The number of carbonyl (C=O) groups is 1. The average molecular weight is 603 g/mol. The average Bonchev–Trinajstić information content (AvgIpc) is 2.84. The number of amides is 1. The lowest BCUT2D eigenvalue weighted by atomic mass is 9.78. The molecule has 1 saturated carbocycles. The maximum absolute atomic E-state index is 12.9. The Labute approximate surface area is 242 Å². The summed E-state index contributed by atoms with van der Waals surface area (Å²) < 4.78 is 27.1. The van der Waals surface area contributed by atoms with Gasteiger partial charge in [-0.1, -0.05) is 71.6 Å². The number of benzene rings is 2. The summed E-state index contributed by atoms with van der Waals surface area (Å²) in [6, 6.07) is 14.0. The van der Waals surface area contributed by atoms with Gasteiger partial charge in [-0.2, -0.15) is 0 Å². The Morgan fingerprint density at radius 1 is 0.947 bits per heavy atom. The van der Waals surface area contributed by atoms with Crippen molar-refractivity contribution >= 4 is 50.7 Å². The van der Waals surface area contributed by atoms with E-state index in [0.29, 0.717) is 37.8 Å². The summed E-state index contributed by atoms with van der Waals surface area (Å²) >= 11 is 18.1. The molecule has 0 saturated heterocycles. The van der Waals surface area contributed by atoms with Gasteiger partial charge in [-0.3, -0.25) is 4.79 Å². The van der Waals surface area contributed by atoms with Crippen LogP contribution >= 0.6 is 34.8 Å². The molecule has 0 spiro atoms. The van der Waals surface area contributed by atoms with E-state index in [1.54, 1.807) is 0 Å². The monoisotopic (exact) mass is 601 g/mol. The smallest absolute Gasteiger partial charge is 0.245 e. The Balaban J connectivity index is 1.38. The van der Waals surface area contributed by atoms with Gasteiger partial charge in [0.1, 0.15) is 4.90 Å². The number of nitrogens with one attached hydrogen (secondary N) is 1. The summed E-state index contributed by atoms with van der Waals surface area (Å²) in [6.07, 6.45) is 6.67. The second-order valence-electron chi connectivity index (χ2n) is 10.3. The van der Waals surface area contributed by atoms with Crippen LogP contribution in [0.15, 0.2) is 47.4 Å². The van der Waals surface area contributed by atoms with Crippen LogP contribution in [0.1, 0.15) is 63.0 Å². The predicted octanol–water partition coefficient (Wildman–Crippen LogP) is 6.81. The lowest BCUT2D eigenvalue weighted by molar-refractivity contribution is -0.122. The third-order valence-electron chi connectivity index (χ3n) is 7.29. The third kappa shape index (κ3) is 8.33. The third-order valence-corrected chi connectivity index (χ3v) is 10.3. The zero-order valence-electron chi connectivity index (χ0n) is 22.3. The first-order valence-corrected chi connectivity index (χ1v) is 15.7. The molecule has 210 valence electrons. The van der Waals surface area contributed by atoms with Crippen LogP contribution in [-0.2, 0) is 14.8 Å². The summed E-state index contributed by atoms with van der Waals surface area (Å²) in [5.74, 6) is 0.646. The molecule has 1 N–H and O–H groups in total. The maximum Gasteiger partial charge on any atom is 0.245 e. The van der Waals surface area contributed by atoms with E-state index >= 15 is 0 Å². The minimum Gasteiger partial charge on any atom is -0.353 e. The summed E-state index contributed by atoms with van der Waals surface area (Å²) in [7, 11) is 1.93. The molecule has 0 heterocycles. The molecule has 2 aromatic carbocycles. The highest BCUT2D eigenvalue weighted by Crippen LogP contribution is 2.37. The standard InChI is InChI=1S/C28H38Cl3N3O3S/c1-33(2)27(20-10-6-4-7-11-20)21-13-15-23(16-14-21)32-26(35)12-8-5-9-17-34(3)38(36,37)28-24(30)18-22(29)19-25(28)31/h4,6-7,10-11,18-19,21,23,27H,5,8-9,12-17H2,1-3H3,(H,32,35). The van der Waals surface area contributed by atoms with E-state index in [1.807, 2.05) is 0 Å². The summed E-state index contributed by atoms with van der Waals surface area (Å²) in [6.45, 7) is 0.303. The van der Waals surface area contributed by atoms with Crippen molar-refractivity contribution in [2.24, 2.45) is 5.92 Å². The first kappa shape index (κ1) is 31.2. The summed E-state index contributed by atoms with van der Waals surface area (Å²) in [4.78, 5) is 14.7. The molecule has 10 heteroatoms. The quantitative estimate of drug-likeness (QED) is 0.271.